The predicted octanol–water partition coefficient (Wildman–Crippen LogP) is 23.9. The van der Waals surface area contributed by atoms with E-state index < -0.39 is 6.10 Å². The van der Waals surface area contributed by atoms with Crippen LogP contribution in [0.15, 0.2) is 60.8 Å². The van der Waals surface area contributed by atoms with Gasteiger partial charge in [-0.3, -0.25) is 14.4 Å². The minimum Gasteiger partial charge on any atom is -0.462 e. The van der Waals surface area contributed by atoms with Gasteiger partial charge in [0.1, 0.15) is 13.2 Å². The lowest BCUT2D eigenvalue weighted by Crippen LogP contribution is -2.30. The van der Waals surface area contributed by atoms with E-state index in [1.165, 1.54) is 218 Å². The Morgan fingerprint density at radius 2 is 0.519 bits per heavy atom. The van der Waals surface area contributed by atoms with E-state index in [1.54, 1.807) is 0 Å². The number of esters is 3. The number of hydrogen-bond donors (Lipinski definition) is 0. The highest BCUT2D eigenvalue weighted by Gasteiger charge is 2.19. The third kappa shape index (κ3) is 65.8. The Hall–Kier alpha value is -2.89. The van der Waals surface area contributed by atoms with Crippen LogP contribution in [0.1, 0.15) is 367 Å². The van der Waals surface area contributed by atoms with Gasteiger partial charge < -0.3 is 14.2 Å². The topological polar surface area (TPSA) is 78.9 Å². The summed E-state index contributed by atoms with van der Waals surface area (Å²) in [5.74, 6) is -0.903. The first-order valence-electron chi connectivity index (χ1n) is 34.8. The Morgan fingerprint density at radius 3 is 0.835 bits per heavy atom. The van der Waals surface area contributed by atoms with Gasteiger partial charge in [0.25, 0.3) is 0 Å². The van der Waals surface area contributed by atoms with Crippen molar-refractivity contribution in [2.75, 3.05) is 13.2 Å². The maximum atomic E-state index is 12.9. The molecule has 0 spiro atoms. The van der Waals surface area contributed by atoms with Crippen LogP contribution >= 0.6 is 0 Å². The fourth-order valence-electron chi connectivity index (χ4n) is 10.3. The Kier molecular flexibility index (Phi) is 65.1. The highest BCUT2D eigenvalue weighted by atomic mass is 16.6. The Balaban J connectivity index is 4.04. The van der Waals surface area contributed by atoms with Crippen LogP contribution < -0.4 is 0 Å². The minimum absolute atomic E-state index is 0.0842. The molecular weight excluding hydrogens is 973 g/mol. The minimum atomic E-state index is -0.790. The van der Waals surface area contributed by atoms with Crippen molar-refractivity contribution in [3.63, 3.8) is 0 Å². The molecule has 6 nitrogen and oxygen atoms in total. The van der Waals surface area contributed by atoms with E-state index in [4.69, 9.17) is 14.2 Å². The normalized spacial score (nSPS) is 12.4. The lowest BCUT2D eigenvalue weighted by Gasteiger charge is -2.18. The number of hydrogen-bond acceptors (Lipinski definition) is 6. The van der Waals surface area contributed by atoms with E-state index in [9.17, 15) is 14.4 Å². The molecule has 1 atom stereocenters. The molecule has 0 saturated carbocycles. The summed E-state index contributed by atoms with van der Waals surface area (Å²) in [5, 5.41) is 0. The Labute approximate surface area is 491 Å². The van der Waals surface area contributed by atoms with Gasteiger partial charge >= 0.3 is 17.9 Å². The molecular formula is C73H132O6. The van der Waals surface area contributed by atoms with Crippen molar-refractivity contribution in [3.8, 4) is 0 Å². The summed E-state index contributed by atoms with van der Waals surface area (Å²) >= 11 is 0. The zero-order valence-electron chi connectivity index (χ0n) is 52.9. The lowest BCUT2D eigenvalue weighted by molar-refractivity contribution is -0.167. The van der Waals surface area contributed by atoms with E-state index in [1.807, 2.05) is 0 Å². The van der Waals surface area contributed by atoms with Crippen LogP contribution in [0.4, 0.5) is 0 Å². The molecule has 1 unspecified atom stereocenters. The number of allylic oxidation sites excluding steroid dienone is 10. The van der Waals surface area contributed by atoms with Crippen molar-refractivity contribution in [2.24, 2.45) is 0 Å². The number of unbranched alkanes of at least 4 members (excludes halogenated alkanes) is 43. The van der Waals surface area contributed by atoms with Gasteiger partial charge in [-0.1, -0.05) is 332 Å². The zero-order chi connectivity index (χ0) is 57.1. The van der Waals surface area contributed by atoms with E-state index in [-0.39, 0.29) is 31.1 Å². The molecule has 0 aromatic carbocycles. The molecule has 0 bridgehead atoms. The smallest absolute Gasteiger partial charge is 0.306 e. The van der Waals surface area contributed by atoms with Crippen LogP contribution in [-0.4, -0.2) is 37.2 Å². The predicted molar refractivity (Wildman–Crippen MR) is 344 cm³/mol. The van der Waals surface area contributed by atoms with E-state index in [0.29, 0.717) is 19.3 Å². The van der Waals surface area contributed by atoms with Crippen molar-refractivity contribution in [1.82, 2.24) is 0 Å². The lowest BCUT2D eigenvalue weighted by atomic mass is 10.0. The SMILES string of the molecule is CC/C=C\C/C=C\C/C=C\C/C=C\CCCCCCC(=O)OC(COC(=O)CCCCCCC/C=C\CCC)COC(=O)CCCCCCCCCCCCCCCCCCCCCCCCCCCCCCCCCCCC. The van der Waals surface area contributed by atoms with Crippen LogP contribution in [0, 0.1) is 0 Å². The van der Waals surface area contributed by atoms with Gasteiger partial charge in [-0.15, -0.1) is 0 Å². The first-order chi connectivity index (χ1) is 39.0. The fraction of sp³-hybridized carbons (Fsp3) is 0.822. The molecule has 0 aliphatic carbocycles. The van der Waals surface area contributed by atoms with Crippen LogP contribution in [0.25, 0.3) is 0 Å². The molecule has 0 amide bonds. The number of carbonyl (C=O) groups excluding carboxylic acids is 3. The van der Waals surface area contributed by atoms with Gasteiger partial charge in [-0.2, -0.15) is 0 Å². The number of carbonyl (C=O) groups is 3. The molecule has 0 heterocycles. The molecule has 6 heteroatoms. The fourth-order valence-corrected chi connectivity index (χ4v) is 10.3. The second-order valence-corrected chi connectivity index (χ2v) is 23.4. The van der Waals surface area contributed by atoms with Gasteiger partial charge in [0.2, 0.25) is 0 Å². The third-order valence-electron chi connectivity index (χ3n) is 15.5. The summed E-state index contributed by atoms with van der Waals surface area (Å²) in [6.07, 6.45) is 87.2. The molecule has 0 aliphatic rings. The average Bonchev–Trinajstić information content (AvgIpc) is 3.45. The first kappa shape index (κ1) is 76.1. The molecule has 79 heavy (non-hydrogen) atoms. The summed E-state index contributed by atoms with van der Waals surface area (Å²) in [6.45, 7) is 6.48. The summed E-state index contributed by atoms with van der Waals surface area (Å²) in [6, 6.07) is 0. The zero-order valence-corrected chi connectivity index (χ0v) is 52.9. The highest BCUT2D eigenvalue weighted by molar-refractivity contribution is 5.71. The summed E-state index contributed by atoms with van der Waals surface area (Å²) in [7, 11) is 0. The molecule has 0 saturated heterocycles. The Bertz CT molecular complexity index is 1410. The first-order valence-corrected chi connectivity index (χ1v) is 34.8. The number of rotatable bonds is 64. The summed E-state index contributed by atoms with van der Waals surface area (Å²) in [5.41, 5.74) is 0. The van der Waals surface area contributed by atoms with Crippen molar-refractivity contribution in [3.05, 3.63) is 60.8 Å². The van der Waals surface area contributed by atoms with Crippen LogP contribution in [0.5, 0.6) is 0 Å². The quantitative estimate of drug-likeness (QED) is 0.0261. The second-order valence-electron chi connectivity index (χ2n) is 23.4. The van der Waals surface area contributed by atoms with Crippen LogP contribution in [-0.2, 0) is 28.6 Å². The van der Waals surface area contributed by atoms with E-state index in [2.05, 4.69) is 81.5 Å². The molecule has 0 fully saturated rings. The molecule has 0 N–H and O–H groups in total. The molecule has 0 aromatic heterocycles. The Morgan fingerprint density at radius 1 is 0.266 bits per heavy atom. The largest absolute Gasteiger partial charge is 0.462 e. The van der Waals surface area contributed by atoms with Crippen molar-refractivity contribution >= 4 is 17.9 Å². The van der Waals surface area contributed by atoms with Gasteiger partial charge in [0.05, 0.1) is 0 Å². The van der Waals surface area contributed by atoms with Crippen molar-refractivity contribution < 1.29 is 28.6 Å². The molecule has 0 radical (unpaired) electrons. The van der Waals surface area contributed by atoms with E-state index in [0.717, 1.165) is 109 Å². The standard InChI is InChI=1S/C73H132O6/c1-4-7-10-13-16-19-22-24-26-28-29-30-31-32-33-34-35-36-37-38-39-40-41-42-43-44-46-47-49-51-54-57-60-63-66-72(75)78-69-70(68-77-71(74)65-62-59-56-53-21-18-15-12-9-6-3)79-73(76)67-64-61-58-55-52-50-48-45-27-25-23-20-17-14-11-8-5-2/h8,11-12,15,17,20,25,27,48,50,70H,4-7,9-10,13-14,16,18-19,21-24,26,28-47,49,51-69H2,1-3H3/b11-8-,15-12-,20-17-,27-25-,50-48-. The van der Waals surface area contributed by atoms with Gasteiger partial charge in [-0.25, -0.2) is 0 Å². The van der Waals surface area contributed by atoms with Crippen molar-refractivity contribution in [1.29, 1.82) is 0 Å². The molecule has 460 valence electrons. The monoisotopic (exact) mass is 1110 g/mol. The maximum Gasteiger partial charge on any atom is 0.306 e. The molecule has 0 rings (SSSR count). The van der Waals surface area contributed by atoms with Crippen molar-refractivity contribution in [2.45, 2.75) is 374 Å². The maximum absolute atomic E-state index is 12.9. The third-order valence-corrected chi connectivity index (χ3v) is 15.5. The second kappa shape index (κ2) is 67.6. The van der Waals surface area contributed by atoms with Gasteiger partial charge in [0.15, 0.2) is 6.10 Å². The van der Waals surface area contributed by atoms with Gasteiger partial charge in [-0.05, 0) is 77.0 Å². The van der Waals surface area contributed by atoms with Crippen LogP contribution in [0.2, 0.25) is 0 Å². The number of ether oxygens (including phenoxy) is 3. The summed E-state index contributed by atoms with van der Waals surface area (Å²) in [4.78, 5) is 38.2. The molecule has 0 aromatic rings. The summed E-state index contributed by atoms with van der Waals surface area (Å²) < 4.78 is 16.9. The van der Waals surface area contributed by atoms with Gasteiger partial charge in [0, 0.05) is 19.3 Å². The van der Waals surface area contributed by atoms with Crippen LogP contribution in [0.3, 0.4) is 0 Å². The average molecular weight is 1110 g/mol. The van der Waals surface area contributed by atoms with E-state index >= 15 is 0 Å². The highest BCUT2D eigenvalue weighted by Crippen LogP contribution is 2.18. The molecule has 0 aliphatic heterocycles.